The van der Waals surface area contributed by atoms with Gasteiger partial charge in [0.1, 0.15) is 10.1 Å². The van der Waals surface area contributed by atoms with Gasteiger partial charge in [0.2, 0.25) is 0 Å². The number of thiocarbonyl (C=S) groups is 1. The number of hydrogen-bond acceptors (Lipinski definition) is 5. The van der Waals surface area contributed by atoms with Crippen LogP contribution in [0.4, 0.5) is 0 Å². The fourth-order valence-electron chi connectivity index (χ4n) is 2.55. The van der Waals surface area contributed by atoms with Crippen molar-refractivity contribution in [2.24, 2.45) is 5.92 Å². The van der Waals surface area contributed by atoms with Gasteiger partial charge in [0.15, 0.2) is 5.43 Å². The largest absolute Gasteiger partial charge is 0.469 e. The number of rotatable bonds is 3. The number of aliphatic hydroxyl groups excluding tert-OH is 2. The highest BCUT2D eigenvalue weighted by Crippen LogP contribution is 2.27. The number of aliphatic hydroxyl groups is 2. The molecular formula is C13H17NO4S2. The first-order valence-corrected chi connectivity index (χ1v) is 7.23. The van der Waals surface area contributed by atoms with Crippen LogP contribution >= 0.6 is 24.8 Å². The Kier molecular flexibility index (Phi) is 5.20. The molecule has 3 unspecified atom stereocenters. The molecular weight excluding hydrogens is 298 g/mol. The van der Waals surface area contributed by atoms with Crippen molar-refractivity contribution in [3.63, 3.8) is 0 Å². The number of likely N-dealkylation sites (tertiary alicyclic amines) is 1. The monoisotopic (exact) mass is 315 g/mol. The van der Waals surface area contributed by atoms with Gasteiger partial charge in [-0.15, -0.1) is 12.6 Å². The first-order valence-electron chi connectivity index (χ1n) is 6.37. The summed E-state index contributed by atoms with van der Waals surface area (Å²) in [4.78, 5) is 13.0. The van der Waals surface area contributed by atoms with Crippen molar-refractivity contribution < 1.29 is 14.6 Å². The second kappa shape index (κ2) is 6.71. The third kappa shape index (κ3) is 3.60. The zero-order valence-electron chi connectivity index (χ0n) is 10.8. The number of nitrogens with zero attached hydrogens (tertiary/aromatic N) is 1. The van der Waals surface area contributed by atoms with E-state index in [-0.39, 0.29) is 24.0 Å². The molecule has 0 amide bonds. The first-order chi connectivity index (χ1) is 9.51. The average molecular weight is 315 g/mol. The summed E-state index contributed by atoms with van der Waals surface area (Å²) in [6, 6.07) is 2.61. The van der Waals surface area contributed by atoms with Gasteiger partial charge < -0.3 is 19.5 Å². The number of thiol groups is 1. The molecule has 20 heavy (non-hydrogen) atoms. The molecule has 2 N–H and O–H groups in total. The topological polar surface area (TPSA) is 73.9 Å². The van der Waals surface area contributed by atoms with Crippen LogP contribution in [0.25, 0.3) is 0 Å². The van der Waals surface area contributed by atoms with Gasteiger partial charge in [-0.2, -0.15) is 0 Å². The minimum absolute atomic E-state index is 0.0529. The van der Waals surface area contributed by atoms with Gasteiger partial charge >= 0.3 is 0 Å². The molecule has 0 radical (unpaired) electrons. The summed E-state index contributed by atoms with van der Waals surface area (Å²) in [5.74, 6) is 0.455. The summed E-state index contributed by atoms with van der Waals surface area (Å²) in [6.07, 6.45) is 1.78. The van der Waals surface area contributed by atoms with E-state index in [4.69, 9.17) is 16.6 Å². The van der Waals surface area contributed by atoms with E-state index in [0.717, 1.165) is 0 Å². The van der Waals surface area contributed by atoms with Crippen LogP contribution in [0.2, 0.25) is 0 Å². The fraction of sp³-hybridized carbons (Fsp3) is 0.538. The molecule has 1 fully saturated rings. The van der Waals surface area contributed by atoms with E-state index >= 15 is 0 Å². The predicted octanol–water partition coefficient (Wildman–Crippen LogP) is 0.441. The Balaban J connectivity index is 2.09. The lowest BCUT2D eigenvalue weighted by atomic mass is 9.86. The van der Waals surface area contributed by atoms with Crippen LogP contribution in [0.3, 0.4) is 0 Å². The Morgan fingerprint density at radius 2 is 2.35 bits per heavy atom. The lowest BCUT2D eigenvalue weighted by Gasteiger charge is -2.41. The van der Waals surface area contributed by atoms with E-state index in [1.807, 2.05) is 0 Å². The van der Waals surface area contributed by atoms with Crippen LogP contribution < -0.4 is 5.43 Å². The predicted molar refractivity (Wildman–Crippen MR) is 82.0 cm³/mol. The quantitative estimate of drug-likeness (QED) is 0.555. The van der Waals surface area contributed by atoms with Crippen molar-refractivity contribution in [2.45, 2.75) is 25.0 Å². The van der Waals surface area contributed by atoms with Gasteiger partial charge in [0.05, 0.1) is 25.0 Å². The summed E-state index contributed by atoms with van der Waals surface area (Å²) >= 11 is 9.12. The smallest absolute Gasteiger partial charge is 0.185 e. The molecule has 0 bridgehead atoms. The molecule has 1 aromatic rings. The highest BCUT2D eigenvalue weighted by Gasteiger charge is 2.35. The highest BCUT2D eigenvalue weighted by atomic mass is 32.1. The molecule has 3 atom stereocenters. The van der Waals surface area contributed by atoms with Crippen molar-refractivity contribution in [1.29, 1.82) is 0 Å². The third-order valence-corrected chi connectivity index (χ3v) is 4.11. The van der Waals surface area contributed by atoms with E-state index in [0.29, 0.717) is 29.5 Å². The number of β-amino-alcohol motifs (C(OH)–C–C–N with tert-alkyl or cyclic N) is 1. The molecule has 0 spiro atoms. The van der Waals surface area contributed by atoms with Gasteiger partial charge in [-0.25, -0.2) is 0 Å². The van der Waals surface area contributed by atoms with E-state index in [2.05, 4.69) is 12.6 Å². The van der Waals surface area contributed by atoms with Crippen molar-refractivity contribution in [2.75, 3.05) is 13.2 Å². The van der Waals surface area contributed by atoms with Crippen LogP contribution in [-0.2, 0) is 6.42 Å². The molecule has 5 nitrogen and oxygen atoms in total. The average Bonchev–Trinajstić information content (AvgIpc) is 2.40. The molecule has 2 rings (SSSR count). The van der Waals surface area contributed by atoms with Crippen molar-refractivity contribution in [3.8, 4) is 0 Å². The van der Waals surface area contributed by atoms with Gasteiger partial charge in [-0.1, -0.05) is 12.2 Å². The SMILES string of the molecule is O=c1ccoc(CC2CC(CO)N(C(=S)S)CC2O)c1. The Bertz CT molecular complexity index is 533. The third-order valence-electron chi connectivity index (χ3n) is 3.62. The molecule has 1 aromatic heterocycles. The second-order valence-electron chi connectivity index (χ2n) is 4.97. The summed E-state index contributed by atoms with van der Waals surface area (Å²) in [6.45, 7) is 0.276. The van der Waals surface area contributed by atoms with Crippen LogP contribution in [0.5, 0.6) is 0 Å². The first kappa shape index (κ1) is 15.5. The molecule has 7 heteroatoms. The van der Waals surface area contributed by atoms with Crippen LogP contribution in [0.15, 0.2) is 27.6 Å². The van der Waals surface area contributed by atoms with Crippen molar-refractivity contribution in [1.82, 2.24) is 4.90 Å². The minimum atomic E-state index is -0.603. The van der Waals surface area contributed by atoms with E-state index < -0.39 is 6.10 Å². The molecule has 1 saturated heterocycles. The molecule has 0 saturated carbocycles. The van der Waals surface area contributed by atoms with Crippen molar-refractivity contribution in [3.05, 3.63) is 34.4 Å². The highest BCUT2D eigenvalue weighted by molar-refractivity contribution is 8.10. The maximum atomic E-state index is 11.3. The Morgan fingerprint density at radius 3 is 2.95 bits per heavy atom. The summed E-state index contributed by atoms with van der Waals surface area (Å²) in [5, 5.41) is 19.6. The zero-order valence-corrected chi connectivity index (χ0v) is 12.5. The Labute approximate surface area is 127 Å². The van der Waals surface area contributed by atoms with Crippen LogP contribution in [-0.4, -0.2) is 44.7 Å². The number of hydrogen-bond donors (Lipinski definition) is 3. The second-order valence-corrected chi connectivity index (χ2v) is 6.09. The molecule has 110 valence electrons. The standard InChI is InChI=1S/C13H17NO4S2/c15-7-9-3-8(12(17)6-14(9)13(19)20)4-11-5-10(16)1-2-18-11/h1-2,5,8-9,12,15,17H,3-4,6-7H2,(H,19,20). The minimum Gasteiger partial charge on any atom is -0.469 e. The van der Waals surface area contributed by atoms with Crippen LogP contribution in [0, 0.1) is 5.92 Å². The van der Waals surface area contributed by atoms with E-state index in [1.165, 1.54) is 18.4 Å². The molecule has 0 aliphatic carbocycles. The molecule has 1 aliphatic heterocycles. The maximum absolute atomic E-state index is 11.3. The van der Waals surface area contributed by atoms with E-state index in [1.54, 1.807) is 4.90 Å². The van der Waals surface area contributed by atoms with Crippen LogP contribution in [0.1, 0.15) is 12.2 Å². The van der Waals surface area contributed by atoms with Crippen molar-refractivity contribution >= 4 is 29.2 Å². The van der Waals surface area contributed by atoms with Gasteiger partial charge in [-0.05, 0) is 12.3 Å². The Hall–Kier alpha value is -0.890. The van der Waals surface area contributed by atoms with Gasteiger partial charge in [0.25, 0.3) is 0 Å². The fourth-order valence-corrected chi connectivity index (χ4v) is 3.02. The zero-order chi connectivity index (χ0) is 14.7. The lowest BCUT2D eigenvalue weighted by molar-refractivity contribution is 0.00672. The maximum Gasteiger partial charge on any atom is 0.185 e. The lowest BCUT2D eigenvalue weighted by Crippen LogP contribution is -2.52. The van der Waals surface area contributed by atoms with Gasteiger partial charge in [-0.3, -0.25) is 4.79 Å². The normalized spacial score (nSPS) is 26.6. The van der Waals surface area contributed by atoms with E-state index in [9.17, 15) is 15.0 Å². The summed E-state index contributed by atoms with van der Waals surface area (Å²) in [5.41, 5.74) is -0.117. The summed E-state index contributed by atoms with van der Waals surface area (Å²) < 4.78 is 5.64. The Morgan fingerprint density at radius 1 is 1.60 bits per heavy atom. The molecule has 1 aliphatic rings. The van der Waals surface area contributed by atoms with Gasteiger partial charge in [0, 0.05) is 25.1 Å². The molecule has 0 aromatic carbocycles. The number of piperidine rings is 1. The summed E-state index contributed by atoms with van der Waals surface area (Å²) in [7, 11) is 0. The molecule has 2 heterocycles.